The maximum absolute atomic E-state index is 14.0. The van der Waals surface area contributed by atoms with Gasteiger partial charge in [0.25, 0.3) is 0 Å². The molecule has 7 nitrogen and oxygen atoms in total. The van der Waals surface area contributed by atoms with Gasteiger partial charge in [-0.15, -0.1) is 31.0 Å². The maximum Gasteiger partial charge on any atom is 0.351 e. The molecule has 2 unspecified atom stereocenters. The van der Waals surface area contributed by atoms with Gasteiger partial charge in [0.2, 0.25) is 5.91 Å². The Morgan fingerprint density at radius 2 is 2.10 bits per heavy atom. The van der Waals surface area contributed by atoms with Gasteiger partial charge in [0.1, 0.15) is 6.23 Å². The predicted octanol–water partition coefficient (Wildman–Crippen LogP) is 3.25. The van der Waals surface area contributed by atoms with Crippen LogP contribution in [0, 0.1) is 18.7 Å². The Labute approximate surface area is 176 Å². The van der Waals surface area contributed by atoms with Gasteiger partial charge in [-0.2, -0.15) is 4.98 Å². The van der Waals surface area contributed by atoms with Gasteiger partial charge < -0.3 is 15.2 Å². The molecule has 1 fully saturated rings. The summed E-state index contributed by atoms with van der Waals surface area (Å²) in [5.41, 5.74) is -0.749. The number of aliphatic hydroxyl groups excluding tert-OH is 1. The molecule has 2 N–H and O–H groups in total. The lowest BCUT2D eigenvalue weighted by molar-refractivity contribution is -0.112. The monoisotopic (exact) mass is 429 g/mol. The zero-order valence-electron chi connectivity index (χ0n) is 17.0. The fraction of sp³-hybridized carbons (Fsp3) is 0.450. The van der Waals surface area contributed by atoms with Crippen molar-refractivity contribution >= 4 is 23.3 Å². The number of carbonyl (C=O) groups excluding carboxylic acids is 1. The van der Waals surface area contributed by atoms with Crippen LogP contribution in [0.15, 0.2) is 35.8 Å². The number of allylic oxidation sites excluding steroid dienone is 2. The number of hydrogen-bond donors (Lipinski definition) is 2. The number of rotatable bonds is 5. The minimum Gasteiger partial charge on any atom is -0.394 e. The Balaban J connectivity index is 0. The lowest BCUT2D eigenvalue weighted by atomic mass is 10.2. The van der Waals surface area contributed by atoms with E-state index >= 15 is 0 Å². The first-order valence-electron chi connectivity index (χ1n) is 8.95. The molecule has 162 valence electrons. The molecular weight excluding hydrogens is 401 g/mol. The molecule has 2 heterocycles. The topological polar surface area (TPSA) is 93.5 Å². The van der Waals surface area contributed by atoms with E-state index in [-0.39, 0.29) is 18.6 Å². The zero-order valence-corrected chi connectivity index (χ0v) is 17.7. The van der Waals surface area contributed by atoms with E-state index in [0.717, 1.165) is 16.8 Å². The summed E-state index contributed by atoms with van der Waals surface area (Å²) in [6.45, 7) is 9.09. The number of alkyl halides is 1. The van der Waals surface area contributed by atoms with Crippen LogP contribution in [0.2, 0.25) is 0 Å². The van der Waals surface area contributed by atoms with Gasteiger partial charge in [-0.3, -0.25) is 9.36 Å². The van der Waals surface area contributed by atoms with Crippen LogP contribution in [-0.2, 0) is 9.53 Å². The number of carbonyl (C=O) groups is 1. The van der Waals surface area contributed by atoms with E-state index in [9.17, 15) is 14.0 Å². The molecule has 2 atom stereocenters. The van der Waals surface area contributed by atoms with E-state index in [1.165, 1.54) is 6.08 Å². The Hall–Kier alpha value is -2.47. The molecular formula is C20H29ClFN3O4. The average Bonchev–Trinajstić information content (AvgIpc) is 3.21. The van der Waals surface area contributed by atoms with Crippen LogP contribution in [0.4, 0.5) is 10.2 Å². The summed E-state index contributed by atoms with van der Waals surface area (Å²) in [4.78, 5) is 26.9. The summed E-state index contributed by atoms with van der Waals surface area (Å²) in [6.07, 6.45) is 13.2. The first-order chi connectivity index (χ1) is 14.0. The molecule has 2 rings (SSSR count). The molecule has 0 aliphatic carbocycles. The third-order valence-electron chi connectivity index (χ3n) is 3.11. The molecule has 0 spiro atoms. The van der Waals surface area contributed by atoms with Crippen LogP contribution < -0.4 is 11.0 Å². The van der Waals surface area contributed by atoms with E-state index < -0.39 is 29.5 Å². The van der Waals surface area contributed by atoms with E-state index in [1.807, 2.05) is 20.8 Å². The van der Waals surface area contributed by atoms with E-state index in [2.05, 4.69) is 29.7 Å². The number of halogens is 2. The van der Waals surface area contributed by atoms with Crippen molar-refractivity contribution in [3.63, 3.8) is 0 Å². The van der Waals surface area contributed by atoms with Crippen molar-refractivity contribution in [2.45, 2.75) is 45.9 Å². The largest absolute Gasteiger partial charge is 0.394 e. The van der Waals surface area contributed by atoms with Crippen molar-refractivity contribution < 1.29 is 19.0 Å². The molecule has 1 aromatic rings. The number of terminal acetylenes is 1. The standard InChI is InChI=1S/C13H15ClFN3O4.C3H6.C2H6.C2H2/c14-5-1-2-10(20)16-12-9(15)6-18(13(21)17-12)11-4-3-8(7-19)22-11;1-3-2;2*1-2/h1-2,6,8,11,19H,3-5,7H2,(H,16,17,20,21);3H,1H2,2H3;1-2H3;1-2H/b2-1+;;;. The van der Waals surface area contributed by atoms with Crippen molar-refractivity contribution in [1.82, 2.24) is 9.55 Å². The molecule has 0 radical (unpaired) electrons. The molecule has 1 aromatic heterocycles. The summed E-state index contributed by atoms with van der Waals surface area (Å²) in [5, 5.41) is 11.2. The summed E-state index contributed by atoms with van der Waals surface area (Å²) >= 11 is 5.38. The Morgan fingerprint density at radius 3 is 2.59 bits per heavy atom. The summed E-state index contributed by atoms with van der Waals surface area (Å²) in [6, 6.07) is 0. The van der Waals surface area contributed by atoms with Crippen molar-refractivity contribution in [3.05, 3.63) is 47.3 Å². The highest BCUT2D eigenvalue weighted by atomic mass is 35.5. The molecule has 1 saturated heterocycles. The van der Waals surface area contributed by atoms with Gasteiger partial charge in [-0.05, 0) is 19.8 Å². The van der Waals surface area contributed by atoms with E-state index in [4.69, 9.17) is 21.4 Å². The minimum absolute atomic E-state index is 0.135. The van der Waals surface area contributed by atoms with Crippen LogP contribution in [-0.4, -0.2) is 39.2 Å². The van der Waals surface area contributed by atoms with Gasteiger partial charge in [0, 0.05) is 12.0 Å². The molecule has 0 aromatic carbocycles. The highest BCUT2D eigenvalue weighted by Gasteiger charge is 2.27. The van der Waals surface area contributed by atoms with Crippen LogP contribution in [0.1, 0.15) is 39.8 Å². The second-order valence-corrected chi connectivity index (χ2v) is 5.36. The second-order valence-electron chi connectivity index (χ2n) is 5.05. The normalized spacial score (nSPS) is 17.0. The minimum atomic E-state index is -0.858. The number of ether oxygens (including phenoxy) is 1. The number of nitrogens with zero attached hydrogens (tertiary/aromatic N) is 2. The lowest BCUT2D eigenvalue weighted by Gasteiger charge is -2.15. The van der Waals surface area contributed by atoms with Crippen LogP contribution >= 0.6 is 11.6 Å². The SMILES string of the molecule is C#C.C=CC.CC.O=C(/C=C/CCl)Nc1nc(=O)n(C2CCC(CO)O2)cc1F. The third-order valence-corrected chi connectivity index (χ3v) is 3.28. The van der Waals surface area contributed by atoms with Crippen molar-refractivity contribution in [2.24, 2.45) is 0 Å². The van der Waals surface area contributed by atoms with Gasteiger partial charge in [0.15, 0.2) is 11.6 Å². The number of hydrogen-bond acceptors (Lipinski definition) is 5. The molecule has 9 heteroatoms. The third kappa shape index (κ3) is 10.6. The smallest absolute Gasteiger partial charge is 0.351 e. The number of amides is 1. The molecule has 1 aliphatic heterocycles. The van der Waals surface area contributed by atoms with Crippen LogP contribution in [0.5, 0.6) is 0 Å². The number of nitrogens with one attached hydrogen (secondary N) is 1. The summed E-state index contributed by atoms with van der Waals surface area (Å²) < 4.78 is 20.4. The number of aliphatic hydroxyl groups is 1. The van der Waals surface area contributed by atoms with Gasteiger partial charge in [-0.25, -0.2) is 9.18 Å². The van der Waals surface area contributed by atoms with Gasteiger partial charge >= 0.3 is 5.69 Å². The van der Waals surface area contributed by atoms with E-state index in [0.29, 0.717) is 12.8 Å². The highest BCUT2D eigenvalue weighted by Crippen LogP contribution is 2.27. The van der Waals surface area contributed by atoms with Gasteiger partial charge in [0.05, 0.1) is 18.9 Å². The highest BCUT2D eigenvalue weighted by molar-refractivity contribution is 6.19. The maximum atomic E-state index is 14.0. The Kier molecular flexibility index (Phi) is 17.5. The predicted molar refractivity (Wildman–Crippen MR) is 114 cm³/mol. The zero-order chi connectivity index (χ0) is 22.8. The first-order valence-corrected chi connectivity index (χ1v) is 9.49. The van der Waals surface area contributed by atoms with Crippen molar-refractivity contribution in [1.29, 1.82) is 0 Å². The summed E-state index contributed by atoms with van der Waals surface area (Å²) in [5.74, 6) is -1.82. The molecule has 0 bridgehead atoms. The lowest BCUT2D eigenvalue weighted by Crippen LogP contribution is -2.29. The Bertz CT molecular complexity index is 719. The fourth-order valence-electron chi connectivity index (χ4n) is 2.07. The average molecular weight is 430 g/mol. The quantitative estimate of drug-likeness (QED) is 0.324. The first kappa shape index (κ1) is 28.7. The fourth-order valence-corrected chi connectivity index (χ4v) is 2.16. The van der Waals surface area contributed by atoms with E-state index in [1.54, 1.807) is 6.08 Å². The summed E-state index contributed by atoms with van der Waals surface area (Å²) in [7, 11) is 0. The van der Waals surface area contributed by atoms with Crippen LogP contribution in [0.3, 0.4) is 0 Å². The van der Waals surface area contributed by atoms with Crippen LogP contribution in [0.25, 0.3) is 0 Å². The molecule has 29 heavy (non-hydrogen) atoms. The van der Waals surface area contributed by atoms with Crippen molar-refractivity contribution in [2.75, 3.05) is 17.8 Å². The second kappa shape index (κ2) is 17.6. The molecule has 0 saturated carbocycles. The Morgan fingerprint density at radius 1 is 1.52 bits per heavy atom. The molecule has 1 amide bonds. The number of anilines is 1. The number of aromatic nitrogens is 2. The molecule has 1 aliphatic rings. The van der Waals surface area contributed by atoms with Gasteiger partial charge in [-0.1, -0.05) is 26.0 Å². The van der Waals surface area contributed by atoms with Crippen molar-refractivity contribution in [3.8, 4) is 12.8 Å².